The topological polar surface area (TPSA) is 85.4 Å². The van der Waals surface area contributed by atoms with Gasteiger partial charge in [0.05, 0.1) is 30.5 Å². The van der Waals surface area contributed by atoms with E-state index >= 15 is 0 Å². The third-order valence-electron chi connectivity index (χ3n) is 5.97. The molecular formula is C20H24F3N5O4. The lowest BCUT2D eigenvalue weighted by molar-refractivity contribution is -0.132. The van der Waals surface area contributed by atoms with Crippen LogP contribution in [-0.2, 0) is 14.3 Å². The number of ether oxygens (including phenoxy) is 1. The molecule has 32 heavy (non-hydrogen) atoms. The van der Waals surface area contributed by atoms with Crippen molar-refractivity contribution in [2.24, 2.45) is 0 Å². The van der Waals surface area contributed by atoms with Crippen LogP contribution in [0.1, 0.15) is 6.42 Å². The van der Waals surface area contributed by atoms with Crippen molar-refractivity contribution in [1.29, 1.82) is 0 Å². The highest BCUT2D eigenvalue weighted by molar-refractivity contribution is 5.90. The Morgan fingerprint density at radius 1 is 1.22 bits per heavy atom. The van der Waals surface area contributed by atoms with Crippen LogP contribution in [0.15, 0.2) is 18.2 Å². The van der Waals surface area contributed by atoms with E-state index in [2.05, 4.69) is 5.01 Å². The molecule has 3 aliphatic heterocycles. The number of hydrazine groups is 1. The van der Waals surface area contributed by atoms with E-state index in [1.165, 1.54) is 11.0 Å². The van der Waals surface area contributed by atoms with E-state index in [1.807, 2.05) is 15.2 Å². The molecule has 9 nitrogen and oxygen atoms in total. The van der Waals surface area contributed by atoms with Gasteiger partial charge in [0.15, 0.2) is 0 Å². The highest BCUT2D eigenvalue weighted by atomic mass is 19.3. The van der Waals surface area contributed by atoms with Gasteiger partial charge < -0.3 is 19.7 Å². The molecule has 0 saturated carbocycles. The number of nitrogens with zero attached hydrogens (tertiary/aromatic N) is 4. The third-order valence-corrected chi connectivity index (χ3v) is 5.97. The summed E-state index contributed by atoms with van der Waals surface area (Å²) in [4.78, 5) is 37.5. The first-order valence-electron chi connectivity index (χ1n) is 10.4. The number of hydrogen-bond donors (Lipinski definition) is 1. The maximum absolute atomic E-state index is 15.0. The fraction of sp³-hybridized carbons (Fsp3) is 0.550. The molecule has 0 aliphatic carbocycles. The number of carbonyl (C=O) groups is 3. The largest absolute Gasteiger partial charge is 0.442 e. The highest BCUT2D eigenvalue weighted by Gasteiger charge is 2.35. The van der Waals surface area contributed by atoms with E-state index < -0.39 is 30.3 Å². The summed E-state index contributed by atoms with van der Waals surface area (Å²) >= 11 is 0. The smallest absolute Gasteiger partial charge is 0.414 e. The lowest BCUT2D eigenvalue weighted by atomic mass is 10.2. The summed E-state index contributed by atoms with van der Waals surface area (Å²) in [6.45, 7) is 2.97. The molecule has 0 aromatic heterocycles. The number of amides is 2. The molecule has 1 aromatic carbocycles. The first-order valence-corrected chi connectivity index (χ1v) is 10.4. The van der Waals surface area contributed by atoms with E-state index in [4.69, 9.17) is 4.74 Å². The van der Waals surface area contributed by atoms with Gasteiger partial charge in [-0.05, 0) is 24.6 Å². The molecule has 2 amide bonds. The maximum atomic E-state index is 15.0. The van der Waals surface area contributed by atoms with Crippen LogP contribution in [0, 0.1) is 5.82 Å². The van der Waals surface area contributed by atoms with Crippen LogP contribution in [0.2, 0.25) is 0 Å². The second-order valence-electron chi connectivity index (χ2n) is 7.89. The predicted molar refractivity (Wildman–Crippen MR) is 108 cm³/mol. The summed E-state index contributed by atoms with van der Waals surface area (Å²) in [5.74, 6) is -1.95. The number of nitrogens with one attached hydrogen (secondary N) is 1. The molecule has 1 unspecified atom stereocenters. The summed E-state index contributed by atoms with van der Waals surface area (Å²) in [5, 5.41) is 6.16. The van der Waals surface area contributed by atoms with Crippen LogP contribution in [-0.4, -0.2) is 92.7 Å². The quantitative estimate of drug-likeness (QED) is 0.637. The van der Waals surface area contributed by atoms with Crippen molar-refractivity contribution in [2.75, 3.05) is 55.6 Å². The number of anilines is 2. The van der Waals surface area contributed by atoms with Gasteiger partial charge in [-0.15, -0.1) is 0 Å². The zero-order valence-electron chi connectivity index (χ0n) is 17.3. The maximum Gasteiger partial charge on any atom is 0.414 e. The average molecular weight is 455 g/mol. The number of hydrogen-bond acceptors (Lipinski definition) is 7. The third kappa shape index (κ3) is 4.51. The fourth-order valence-corrected chi connectivity index (χ4v) is 4.32. The van der Waals surface area contributed by atoms with Crippen LogP contribution in [0.4, 0.5) is 29.3 Å². The number of cyclic esters (lactones) is 1. The van der Waals surface area contributed by atoms with Crippen LogP contribution < -0.4 is 15.1 Å². The van der Waals surface area contributed by atoms with Crippen molar-refractivity contribution >= 4 is 29.7 Å². The van der Waals surface area contributed by atoms with Gasteiger partial charge in [-0.25, -0.2) is 19.2 Å². The lowest BCUT2D eigenvalue weighted by Gasteiger charge is -2.26. The Morgan fingerprint density at radius 3 is 2.72 bits per heavy atom. The zero-order valence-corrected chi connectivity index (χ0v) is 17.3. The Hall–Kier alpha value is -2.86. The summed E-state index contributed by atoms with van der Waals surface area (Å²) < 4.78 is 44.6. The van der Waals surface area contributed by atoms with Crippen LogP contribution in [0.5, 0.6) is 0 Å². The number of benzene rings is 1. The van der Waals surface area contributed by atoms with Gasteiger partial charge in [0.2, 0.25) is 0 Å². The van der Waals surface area contributed by atoms with Crippen molar-refractivity contribution < 1.29 is 32.3 Å². The molecule has 3 aliphatic rings. The molecule has 3 saturated heterocycles. The summed E-state index contributed by atoms with van der Waals surface area (Å²) in [7, 11) is 0. The molecule has 1 aromatic rings. The fourth-order valence-electron chi connectivity index (χ4n) is 4.32. The summed E-state index contributed by atoms with van der Waals surface area (Å²) in [6.07, 6.45) is -2.96. The number of fused-ring (bicyclic) bond motifs is 1. The Labute approximate surface area is 182 Å². The minimum atomic E-state index is -3.15. The molecule has 4 rings (SSSR count). The molecule has 3 fully saturated rings. The molecular weight excluding hydrogens is 431 g/mol. The molecule has 0 bridgehead atoms. The van der Waals surface area contributed by atoms with E-state index in [1.54, 1.807) is 12.1 Å². The van der Waals surface area contributed by atoms with Crippen molar-refractivity contribution in [3.05, 3.63) is 24.0 Å². The lowest BCUT2D eigenvalue weighted by Crippen LogP contribution is -2.42. The first kappa shape index (κ1) is 22.3. The number of halogens is 3. The van der Waals surface area contributed by atoms with E-state index in [0.29, 0.717) is 31.9 Å². The molecule has 0 spiro atoms. The molecule has 3 heterocycles. The molecule has 174 valence electrons. The molecule has 2 atom stereocenters. The normalized spacial score (nSPS) is 24.4. The number of rotatable bonds is 6. The van der Waals surface area contributed by atoms with Gasteiger partial charge in [0, 0.05) is 32.7 Å². The van der Waals surface area contributed by atoms with Crippen molar-refractivity contribution in [3.63, 3.8) is 0 Å². The van der Waals surface area contributed by atoms with E-state index in [9.17, 15) is 27.6 Å². The van der Waals surface area contributed by atoms with Gasteiger partial charge in [-0.1, -0.05) is 0 Å². The van der Waals surface area contributed by atoms with Crippen molar-refractivity contribution in [1.82, 2.24) is 15.3 Å². The van der Waals surface area contributed by atoms with Crippen LogP contribution in [0.25, 0.3) is 0 Å². The Bertz CT molecular complexity index is 889. The van der Waals surface area contributed by atoms with Gasteiger partial charge in [0.1, 0.15) is 18.2 Å². The second kappa shape index (κ2) is 9.33. The van der Waals surface area contributed by atoms with E-state index in [0.717, 1.165) is 19.3 Å². The van der Waals surface area contributed by atoms with Gasteiger partial charge in [-0.2, -0.15) is 8.78 Å². The standard InChI is InChI=1S/C20H24F3N5O4/c21-16-9-13(27-11-15(32-20(27)31)10-24-19(30)18(22)23)1-2-17(16)25-5-7-26-4-3-14(12-29)28(26)8-6-25/h1-2,9,12,14-15,18H,3-8,10-11H2,(H,24,30)/t14?,15-/m0/s1. The van der Waals surface area contributed by atoms with Gasteiger partial charge in [0.25, 0.3) is 5.91 Å². The first-order chi connectivity index (χ1) is 15.4. The van der Waals surface area contributed by atoms with Crippen LogP contribution >= 0.6 is 0 Å². The molecule has 12 heteroatoms. The average Bonchev–Trinajstić information content (AvgIpc) is 3.28. The molecule has 0 radical (unpaired) electrons. The van der Waals surface area contributed by atoms with E-state index in [-0.39, 0.29) is 24.8 Å². The number of aldehydes is 1. The monoisotopic (exact) mass is 455 g/mol. The zero-order chi connectivity index (χ0) is 22.8. The minimum Gasteiger partial charge on any atom is -0.442 e. The van der Waals surface area contributed by atoms with Crippen LogP contribution in [0.3, 0.4) is 0 Å². The SMILES string of the molecule is O=CC1CCN2CCN(c3ccc(N4C[C@H](CNC(=O)C(F)F)OC4=O)cc3F)CCN12. The van der Waals surface area contributed by atoms with Crippen molar-refractivity contribution in [3.8, 4) is 0 Å². The van der Waals surface area contributed by atoms with Gasteiger partial charge in [-0.3, -0.25) is 9.69 Å². The minimum absolute atomic E-state index is 0.00184. The number of carbonyl (C=O) groups excluding carboxylic acids is 3. The Morgan fingerprint density at radius 2 is 2.00 bits per heavy atom. The van der Waals surface area contributed by atoms with Crippen molar-refractivity contribution in [2.45, 2.75) is 25.0 Å². The van der Waals surface area contributed by atoms with Gasteiger partial charge >= 0.3 is 12.5 Å². The predicted octanol–water partition coefficient (Wildman–Crippen LogP) is 0.842. The Balaban J connectivity index is 1.40. The second-order valence-corrected chi connectivity index (χ2v) is 7.89. The highest BCUT2D eigenvalue weighted by Crippen LogP contribution is 2.29. The number of alkyl halides is 2. The Kier molecular flexibility index (Phi) is 6.51. The molecule has 1 N–H and O–H groups in total. The summed E-state index contributed by atoms with van der Waals surface area (Å²) in [5.41, 5.74) is 0.672. The summed E-state index contributed by atoms with van der Waals surface area (Å²) in [6, 6.07) is 4.28.